The Kier molecular flexibility index (Phi) is 8.77. The van der Waals surface area contributed by atoms with Gasteiger partial charge in [-0.1, -0.05) is 0 Å². The Morgan fingerprint density at radius 2 is 1.87 bits per heavy atom. The van der Waals surface area contributed by atoms with Gasteiger partial charge in [0, 0.05) is 63.8 Å². The third-order valence-electron chi connectivity index (χ3n) is 5.32. The van der Waals surface area contributed by atoms with Crippen LogP contribution in [0.25, 0.3) is 0 Å². The van der Waals surface area contributed by atoms with Crippen LogP contribution in [0.4, 0.5) is 5.69 Å². The lowest BCUT2D eigenvalue weighted by Crippen LogP contribution is -2.47. The summed E-state index contributed by atoms with van der Waals surface area (Å²) in [5.41, 5.74) is 2.43. The molecule has 0 unspecified atom stereocenters. The van der Waals surface area contributed by atoms with Crippen molar-refractivity contribution in [1.29, 1.82) is 0 Å². The van der Waals surface area contributed by atoms with E-state index in [2.05, 4.69) is 47.9 Å². The summed E-state index contributed by atoms with van der Waals surface area (Å²) >= 11 is 1.70. The molecule has 1 aromatic heterocycles. The molecule has 1 aromatic carbocycles. The minimum atomic E-state index is 0.843. The topological polar surface area (TPSA) is 65.0 Å². The molecule has 2 heterocycles. The van der Waals surface area contributed by atoms with Gasteiger partial charge >= 0.3 is 0 Å². The molecule has 0 aliphatic carbocycles. The summed E-state index contributed by atoms with van der Waals surface area (Å²) in [6.45, 7) is 9.26. The van der Waals surface area contributed by atoms with Gasteiger partial charge in [0.2, 0.25) is 0 Å². The number of thiazole rings is 1. The molecule has 0 atom stereocenters. The summed E-state index contributed by atoms with van der Waals surface area (Å²) in [7, 11) is 3.53. The Bertz CT molecular complexity index is 783. The largest absolute Gasteiger partial charge is 0.497 e. The molecule has 0 bridgehead atoms. The molecule has 8 heteroatoms. The third kappa shape index (κ3) is 6.88. The number of nitrogens with one attached hydrogen (secondary N) is 2. The summed E-state index contributed by atoms with van der Waals surface area (Å²) < 4.78 is 5.25. The minimum absolute atomic E-state index is 0.843. The summed E-state index contributed by atoms with van der Waals surface area (Å²) in [5, 5.41) is 10.0. The SMILES string of the molecule is CN=C(NCCCN1CCN(c2ccc(OC)cc2)CC1)NCCc1csc(C)n1. The van der Waals surface area contributed by atoms with E-state index in [0.717, 1.165) is 81.1 Å². The number of hydrogen-bond acceptors (Lipinski definition) is 6. The van der Waals surface area contributed by atoms with Crippen LogP contribution in [0.2, 0.25) is 0 Å². The molecule has 1 fully saturated rings. The quantitative estimate of drug-likeness (QED) is 0.362. The van der Waals surface area contributed by atoms with Crippen LogP contribution in [0.1, 0.15) is 17.1 Å². The predicted molar refractivity (Wildman–Crippen MR) is 126 cm³/mol. The molecule has 0 saturated carbocycles. The number of methoxy groups -OCH3 is 1. The average Bonchev–Trinajstić information content (AvgIpc) is 3.21. The molecule has 3 rings (SSSR count). The van der Waals surface area contributed by atoms with Gasteiger partial charge < -0.3 is 20.3 Å². The Balaban J connectivity index is 1.28. The first-order valence-corrected chi connectivity index (χ1v) is 11.5. The molecule has 7 nitrogen and oxygen atoms in total. The Labute approximate surface area is 184 Å². The Morgan fingerprint density at radius 1 is 1.13 bits per heavy atom. The number of nitrogens with zero attached hydrogens (tertiary/aromatic N) is 4. The number of aryl methyl sites for hydroxylation is 1. The highest BCUT2D eigenvalue weighted by atomic mass is 32.1. The Morgan fingerprint density at radius 3 is 2.50 bits per heavy atom. The molecule has 0 radical (unpaired) electrons. The van der Waals surface area contributed by atoms with Gasteiger partial charge in [0.05, 0.1) is 17.8 Å². The maximum atomic E-state index is 5.25. The van der Waals surface area contributed by atoms with E-state index in [1.165, 1.54) is 5.69 Å². The second-order valence-electron chi connectivity index (χ2n) is 7.41. The van der Waals surface area contributed by atoms with Crippen LogP contribution < -0.4 is 20.3 Å². The van der Waals surface area contributed by atoms with Gasteiger partial charge in [0.15, 0.2) is 5.96 Å². The van der Waals surface area contributed by atoms with E-state index in [1.54, 1.807) is 18.4 Å². The van der Waals surface area contributed by atoms with Gasteiger partial charge in [-0.2, -0.15) is 0 Å². The molecular formula is C22H34N6OS. The van der Waals surface area contributed by atoms with Crippen molar-refractivity contribution in [2.45, 2.75) is 19.8 Å². The monoisotopic (exact) mass is 430 g/mol. The first-order valence-electron chi connectivity index (χ1n) is 10.6. The van der Waals surface area contributed by atoms with Crippen molar-refractivity contribution in [3.05, 3.63) is 40.3 Å². The predicted octanol–water partition coefficient (Wildman–Crippen LogP) is 2.38. The third-order valence-corrected chi connectivity index (χ3v) is 6.14. The van der Waals surface area contributed by atoms with Crippen LogP contribution in [0, 0.1) is 6.92 Å². The molecule has 0 amide bonds. The number of benzene rings is 1. The molecule has 2 aromatic rings. The lowest BCUT2D eigenvalue weighted by Gasteiger charge is -2.36. The van der Waals surface area contributed by atoms with E-state index in [-0.39, 0.29) is 0 Å². The van der Waals surface area contributed by atoms with Gasteiger partial charge in [0.1, 0.15) is 5.75 Å². The number of guanidine groups is 1. The fourth-order valence-corrected chi connectivity index (χ4v) is 4.23. The summed E-state index contributed by atoms with van der Waals surface area (Å²) in [4.78, 5) is 13.8. The van der Waals surface area contributed by atoms with E-state index in [4.69, 9.17) is 4.74 Å². The highest BCUT2D eigenvalue weighted by Crippen LogP contribution is 2.20. The highest BCUT2D eigenvalue weighted by Gasteiger charge is 2.16. The first-order chi connectivity index (χ1) is 14.7. The molecule has 30 heavy (non-hydrogen) atoms. The van der Waals surface area contributed by atoms with Crippen LogP contribution in [0.15, 0.2) is 34.6 Å². The smallest absolute Gasteiger partial charge is 0.190 e. The zero-order valence-electron chi connectivity index (χ0n) is 18.4. The second kappa shape index (κ2) is 11.8. The van der Waals surface area contributed by atoms with Crippen LogP contribution in [-0.4, -0.2) is 75.8 Å². The lowest BCUT2D eigenvalue weighted by atomic mass is 10.2. The van der Waals surface area contributed by atoms with Crippen molar-refractivity contribution < 1.29 is 4.74 Å². The van der Waals surface area contributed by atoms with Crippen LogP contribution in [0.5, 0.6) is 5.75 Å². The number of rotatable bonds is 9. The van der Waals surface area contributed by atoms with Gasteiger partial charge in [-0.3, -0.25) is 9.89 Å². The fourth-order valence-electron chi connectivity index (χ4n) is 3.58. The molecule has 1 aliphatic rings. The average molecular weight is 431 g/mol. The molecule has 164 valence electrons. The van der Waals surface area contributed by atoms with E-state index in [0.29, 0.717) is 0 Å². The first kappa shape index (κ1) is 22.4. The zero-order chi connectivity index (χ0) is 21.2. The van der Waals surface area contributed by atoms with Gasteiger partial charge in [-0.15, -0.1) is 11.3 Å². The van der Waals surface area contributed by atoms with Crippen molar-refractivity contribution in [2.24, 2.45) is 4.99 Å². The van der Waals surface area contributed by atoms with Crippen molar-refractivity contribution in [1.82, 2.24) is 20.5 Å². The summed E-state index contributed by atoms with van der Waals surface area (Å²) in [6, 6.07) is 8.36. The van der Waals surface area contributed by atoms with Gasteiger partial charge in [-0.05, 0) is 44.2 Å². The van der Waals surface area contributed by atoms with E-state index in [1.807, 2.05) is 26.1 Å². The molecule has 1 aliphatic heterocycles. The number of piperazine rings is 1. The molecular weight excluding hydrogens is 396 g/mol. The van der Waals surface area contributed by atoms with Gasteiger partial charge in [0.25, 0.3) is 0 Å². The maximum Gasteiger partial charge on any atom is 0.190 e. The van der Waals surface area contributed by atoms with E-state index in [9.17, 15) is 0 Å². The van der Waals surface area contributed by atoms with E-state index >= 15 is 0 Å². The highest BCUT2D eigenvalue weighted by molar-refractivity contribution is 7.09. The minimum Gasteiger partial charge on any atom is -0.497 e. The Hall–Kier alpha value is -2.32. The van der Waals surface area contributed by atoms with Crippen molar-refractivity contribution in [3.63, 3.8) is 0 Å². The number of aromatic nitrogens is 1. The number of ether oxygens (including phenoxy) is 1. The van der Waals surface area contributed by atoms with Crippen molar-refractivity contribution in [2.75, 3.05) is 64.9 Å². The maximum absolute atomic E-state index is 5.25. The zero-order valence-corrected chi connectivity index (χ0v) is 19.2. The number of hydrogen-bond donors (Lipinski definition) is 2. The molecule has 0 spiro atoms. The fraction of sp³-hybridized carbons (Fsp3) is 0.545. The standard InChI is InChI=1S/C22H34N6OS/c1-18-26-19(17-30-18)9-11-25-22(23-2)24-10-4-12-27-13-15-28(16-14-27)20-5-7-21(29-3)8-6-20/h5-8,17H,4,9-16H2,1-3H3,(H2,23,24,25). The normalized spacial score (nSPS) is 15.3. The van der Waals surface area contributed by atoms with Crippen LogP contribution >= 0.6 is 11.3 Å². The number of aliphatic imine (C=N–C) groups is 1. The van der Waals surface area contributed by atoms with Crippen LogP contribution in [-0.2, 0) is 6.42 Å². The summed E-state index contributed by atoms with van der Waals surface area (Å²) in [5.74, 6) is 1.78. The van der Waals surface area contributed by atoms with Crippen molar-refractivity contribution in [3.8, 4) is 5.75 Å². The molecule has 2 N–H and O–H groups in total. The second-order valence-corrected chi connectivity index (χ2v) is 8.48. The van der Waals surface area contributed by atoms with Gasteiger partial charge in [-0.25, -0.2) is 4.98 Å². The lowest BCUT2D eigenvalue weighted by molar-refractivity contribution is 0.255. The number of anilines is 1. The van der Waals surface area contributed by atoms with Crippen LogP contribution in [0.3, 0.4) is 0 Å². The van der Waals surface area contributed by atoms with Crippen molar-refractivity contribution >= 4 is 23.0 Å². The van der Waals surface area contributed by atoms with E-state index < -0.39 is 0 Å². The molecule has 1 saturated heterocycles. The summed E-state index contributed by atoms with van der Waals surface area (Å²) in [6.07, 6.45) is 2.03.